The maximum absolute atomic E-state index is 13.6. The summed E-state index contributed by atoms with van der Waals surface area (Å²) < 4.78 is 13.6. The summed E-state index contributed by atoms with van der Waals surface area (Å²) in [5.74, 6) is 6.97. The molecule has 2 aromatic rings. The third-order valence-corrected chi connectivity index (χ3v) is 4.20. The van der Waals surface area contributed by atoms with Crippen molar-refractivity contribution in [3.8, 4) is 11.8 Å². The SMILES string of the molecule is Cc1ccccc1CSCc1ccc(F)c(C#CCN)c1. The number of hydrogen-bond donors (Lipinski definition) is 1. The van der Waals surface area contributed by atoms with E-state index in [1.54, 1.807) is 0 Å². The van der Waals surface area contributed by atoms with Gasteiger partial charge >= 0.3 is 0 Å². The van der Waals surface area contributed by atoms with E-state index in [0.29, 0.717) is 5.56 Å². The zero-order chi connectivity index (χ0) is 15.1. The highest BCUT2D eigenvalue weighted by Gasteiger charge is 2.03. The minimum Gasteiger partial charge on any atom is -0.320 e. The smallest absolute Gasteiger partial charge is 0.138 e. The molecule has 0 amide bonds. The normalized spacial score (nSPS) is 10.0. The Labute approximate surface area is 129 Å². The Morgan fingerprint density at radius 2 is 1.95 bits per heavy atom. The molecule has 0 unspecified atom stereocenters. The molecule has 0 saturated heterocycles. The van der Waals surface area contributed by atoms with Crippen molar-refractivity contribution in [1.82, 2.24) is 0 Å². The highest BCUT2D eigenvalue weighted by Crippen LogP contribution is 2.21. The van der Waals surface area contributed by atoms with Crippen LogP contribution in [0.25, 0.3) is 0 Å². The van der Waals surface area contributed by atoms with Gasteiger partial charge in [0.1, 0.15) is 5.82 Å². The average Bonchev–Trinajstić information content (AvgIpc) is 2.49. The summed E-state index contributed by atoms with van der Waals surface area (Å²) in [7, 11) is 0. The second kappa shape index (κ2) is 7.87. The monoisotopic (exact) mass is 299 g/mol. The molecular weight excluding hydrogens is 281 g/mol. The summed E-state index contributed by atoms with van der Waals surface area (Å²) in [4.78, 5) is 0. The van der Waals surface area contributed by atoms with Crippen LogP contribution in [0, 0.1) is 24.6 Å². The third-order valence-electron chi connectivity index (χ3n) is 3.14. The summed E-state index contributed by atoms with van der Waals surface area (Å²) in [6, 6.07) is 13.5. The number of aryl methyl sites for hydroxylation is 1. The molecule has 0 radical (unpaired) electrons. The lowest BCUT2D eigenvalue weighted by Crippen LogP contribution is -1.94. The minimum atomic E-state index is -0.288. The highest BCUT2D eigenvalue weighted by atomic mass is 32.2. The predicted molar refractivity (Wildman–Crippen MR) is 88.5 cm³/mol. The van der Waals surface area contributed by atoms with E-state index in [4.69, 9.17) is 5.73 Å². The topological polar surface area (TPSA) is 26.0 Å². The van der Waals surface area contributed by atoms with Gasteiger partial charge in [0.05, 0.1) is 12.1 Å². The molecule has 0 aliphatic heterocycles. The molecule has 0 atom stereocenters. The van der Waals surface area contributed by atoms with Gasteiger partial charge in [-0.1, -0.05) is 42.2 Å². The minimum absolute atomic E-state index is 0.242. The van der Waals surface area contributed by atoms with Gasteiger partial charge in [-0.25, -0.2) is 4.39 Å². The molecule has 2 N–H and O–H groups in total. The Balaban J connectivity index is 1.99. The lowest BCUT2D eigenvalue weighted by Gasteiger charge is -2.06. The van der Waals surface area contributed by atoms with E-state index >= 15 is 0 Å². The van der Waals surface area contributed by atoms with E-state index in [1.165, 1.54) is 17.2 Å². The van der Waals surface area contributed by atoms with Gasteiger partial charge in [-0.2, -0.15) is 11.8 Å². The standard InChI is InChI=1S/C18H18FNS/c1-14-5-2-3-6-17(14)13-21-12-15-8-9-18(19)16(11-15)7-4-10-20/h2-3,5-6,8-9,11H,10,12-13,20H2,1H3. The van der Waals surface area contributed by atoms with Crippen LogP contribution in [0.1, 0.15) is 22.3 Å². The third kappa shape index (κ3) is 4.63. The summed E-state index contributed by atoms with van der Waals surface area (Å²) >= 11 is 1.82. The Kier molecular flexibility index (Phi) is 5.86. The first kappa shape index (κ1) is 15.6. The van der Waals surface area contributed by atoms with Crippen LogP contribution in [0.15, 0.2) is 42.5 Å². The van der Waals surface area contributed by atoms with Crippen molar-refractivity contribution in [2.24, 2.45) is 5.73 Å². The van der Waals surface area contributed by atoms with E-state index in [2.05, 4.69) is 37.0 Å². The molecule has 0 fully saturated rings. The molecule has 108 valence electrons. The first-order chi connectivity index (χ1) is 10.2. The van der Waals surface area contributed by atoms with Crippen LogP contribution in [0.2, 0.25) is 0 Å². The average molecular weight is 299 g/mol. The molecule has 2 aromatic carbocycles. The first-order valence-corrected chi connectivity index (χ1v) is 7.96. The molecule has 21 heavy (non-hydrogen) atoms. The molecule has 0 spiro atoms. The highest BCUT2D eigenvalue weighted by molar-refractivity contribution is 7.97. The van der Waals surface area contributed by atoms with Crippen LogP contribution in [0.4, 0.5) is 4.39 Å². The Hall–Kier alpha value is -1.76. The van der Waals surface area contributed by atoms with E-state index < -0.39 is 0 Å². The molecule has 2 rings (SSSR count). The zero-order valence-corrected chi connectivity index (χ0v) is 12.8. The van der Waals surface area contributed by atoms with Gasteiger partial charge in [0, 0.05) is 11.5 Å². The van der Waals surface area contributed by atoms with Gasteiger partial charge in [0.15, 0.2) is 0 Å². The van der Waals surface area contributed by atoms with Crippen molar-refractivity contribution in [2.75, 3.05) is 6.54 Å². The fourth-order valence-corrected chi connectivity index (χ4v) is 3.02. The maximum Gasteiger partial charge on any atom is 0.138 e. The summed E-state index contributed by atoms with van der Waals surface area (Å²) in [6.45, 7) is 2.36. The van der Waals surface area contributed by atoms with Gasteiger partial charge in [0.25, 0.3) is 0 Å². The quantitative estimate of drug-likeness (QED) is 0.867. The largest absolute Gasteiger partial charge is 0.320 e. The van der Waals surface area contributed by atoms with Crippen molar-refractivity contribution >= 4 is 11.8 Å². The second-order valence-corrected chi connectivity index (χ2v) is 5.72. The van der Waals surface area contributed by atoms with Crippen molar-refractivity contribution in [3.63, 3.8) is 0 Å². The van der Waals surface area contributed by atoms with Gasteiger partial charge < -0.3 is 5.73 Å². The molecule has 0 aromatic heterocycles. The second-order valence-electron chi connectivity index (χ2n) is 4.74. The number of nitrogens with two attached hydrogens (primary N) is 1. The number of hydrogen-bond acceptors (Lipinski definition) is 2. The van der Waals surface area contributed by atoms with Crippen LogP contribution >= 0.6 is 11.8 Å². The zero-order valence-electron chi connectivity index (χ0n) is 12.0. The molecule has 3 heteroatoms. The maximum atomic E-state index is 13.6. The van der Waals surface area contributed by atoms with Crippen LogP contribution in [0.5, 0.6) is 0 Å². The fourth-order valence-electron chi connectivity index (χ4n) is 1.96. The number of thioether (sulfide) groups is 1. The summed E-state index contributed by atoms with van der Waals surface area (Å²) in [5, 5.41) is 0. The predicted octanol–water partition coefficient (Wildman–Crippen LogP) is 3.88. The number of rotatable bonds is 4. The van der Waals surface area contributed by atoms with Crippen molar-refractivity contribution in [1.29, 1.82) is 0 Å². The number of halogens is 1. The van der Waals surface area contributed by atoms with Gasteiger partial charge in [-0.15, -0.1) is 0 Å². The summed E-state index contributed by atoms with van der Waals surface area (Å²) in [6.07, 6.45) is 0. The molecule has 0 aliphatic rings. The summed E-state index contributed by atoms with van der Waals surface area (Å²) in [5.41, 5.74) is 9.47. The number of benzene rings is 2. The Bertz CT molecular complexity index is 670. The van der Waals surface area contributed by atoms with Crippen LogP contribution in [0.3, 0.4) is 0 Å². The van der Waals surface area contributed by atoms with Gasteiger partial charge in [-0.05, 0) is 35.7 Å². The van der Waals surface area contributed by atoms with E-state index in [-0.39, 0.29) is 12.4 Å². The first-order valence-electron chi connectivity index (χ1n) is 6.80. The van der Waals surface area contributed by atoms with E-state index in [0.717, 1.165) is 17.1 Å². The lowest BCUT2D eigenvalue weighted by atomic mass is 10.1. The van der Waals surface area contributed by atoms with Crippen molar-refractivity contribution < 1.29 is 4.39 Å². The van der Waals surface area contributed by atoms with Crippen molar-refractivity contribution in [3.05, 3.63) is 70.5 Å². The van der Waals surface area contributed by atoms with Crippen LogP contribution in [-0.2, 0) is 11.5 Å². The lowest BCUT2D eigenvalue weighted by molar-refractivity contribution is 0.624. The van der Waals surface area contributed by atoms with Gasteiger partial charge in [-0.3, -0.25) is 0 Å². The van der Waals surface area contributed by atoms with Crippen LogP contribution in [-0.4, -0.2) is 6.54 Å². The molecule has 0 bridgehead atoms. The Morgan fingerprint density at radius 1 is 1.14 bits per heavy atom. The van der Waals surface area contributed by atoms with E-state index in [9.17, 15) is 4.39 Å². The Morgan fingerprint density at radius 3 is 2.71 bits per heavy atom. The molecule has 0 aliphatic carbocycles. The fraction of sp³-hybridized carbons (Fsp3) is 0.222. The van der Waals surface area contributed by atoms with Crippen molar-refractivity contribution in [2.45, 2.75) is 18.4 Å². The molecule has 0 saturated carbocycles. The molecule has 1 nitrogen and oxygen atoms in total. The molecule has 0 heterocycles. The molecular formula is C18H18FNS. The van der Waals surface area contributed by atoms with E-state index in [1.807, 2.05) is 30.0 Å². The van der Waals surface area contributed by atoms with Gasteiger partial charge in [0.2, 0.25) is 0 Å². The van der Waals surface area contributed by atoms with Crippen LogP contribution < -0.4 is 5.73 Å².